The molecule has 0 saturated heterocycles. The highest BCUT2D eigenvalue weighted by Crippen LogP contribution is 2.14. The van der Waals surface area contributed by atoms with Gasteiger partial charge in [-0.15, -0.1) is 0 Å². The summed E-state index contributed by atoms with van der Waals surface area (Å²) in [7, 11) is 3.68. The third-order valence-corrected chi connectivity index (χ3v) is 4.40. The number of aromatic nitrogens is 1. The Balaban J connectivity index is 1.83. The molecule has 0 atom stereocenters. The Hall–Kier alpha value is -2.66. The van der Waals surface area contributed by atoms with Crippen LogP contribution in [0.1, 0.15) is 5.56 Å². The fourth-order valence-corrected chi connectivity index (χ4v) is 2.85. The first-order valence-electron chi connectivity index (χ1n) is 7.71. The summed E-state index contributed by atoms with van der Waals surface area (Å²) in [6.07, 6.45) is 0. The van der Waals surface area contributed by atoms with Gasteiger partial charge in [0.15, 0.2) is 5.11 Å². The number of pyridine rings is 1. The summed E-state index contributed by atoms with van der Waals surface area (Å²) in [6, 6.07) is 19.6. The van der Waals surface area contributed by atoms with Gasteiger partial charge in [-0.25, -0.2) is 0 Å². The van der Waals surface area contributed by atoms with Crippen molar-refractivity contribution in [3.63, 3.8) is 0 Å². The molecule has 0 unspecified atom stereocenters. The molecule has 5 heteroatoms. The molecular formula is C19H19N3OS. The van der Waals surface area contributed by atoms with Gasteiger partial charge in [-0.3, -0.25) is 4.79 Å². The van der Waals surface area contributed by atoms with Gasteiger partial charge in [-0.1, -0.05) is 36.4 Å². The van der Waals surface area contributed by atoms with Crippen molar-refractivity contribution in [3.05, 3.63) is 76.6 Å². The third-order valence-electron chi connectivity index (χ3n) is 3.99. The first-order valence-corrected chi connectivity index (χ1v) is 8.12. The molecule has 0 amide bonds. The molecule has 0 aliphatic carbocycles. The highest BCUT2D eigenvalue weighted by atomic mass is 32.1. The fraction of sp³-hybridized carbons (Fsp3) is 0.158. The predicted molar refractivity (Wildman–Crippen MR) is 103 cm³/mol. The normalized spacial score (nSPS) is 10.6. The predicted octanol–water partition coefficient (Wildman–Crippen LogP) is 3.37. The van der Waals surface area contributed by atoms with Gasteiger partial charge in [0.2, 0.25) is 0 Å². The number of aryl methyl sites for hydroxylation is 1. The Morgan fingerprint density at radius 2 is 1.79 bits per heavy atom. The lowest BCUT2D eigenvalue weighted by Crippen LogP contribution is -2.33. The van der Waals surface area contributed by atoms with Crippen LogP contribution in [0.25, 0.3) is 10.9 Å². The second-order valence-corrected chi connectivity index (χ2v) is 6.13. The van der Waals surface area contributed by atoms with E-state index in [0.29, 0.717) is 11.7 Å². The van der Waals surface area contributed by atoms with E-state index in [1.807, 2.05) is 72.6 Å². The Morgan fingerprint density at radius 1 is 1.12 bits per heavy atom. The van der Waals surface area contributed by atoms with Crippen molar-refractivity contribution in [2.24, 2.45) is 7.05 Å². The van der Waals surface area contributed by atoms with E-state index in [2.05, 4.69) is 5.32 Å². The minimum atomic E-state index is 0.00283. The molecule has 1 N–H and O–H groups in total. The van der Waals surface area contributed by atoms with Gasteiger partial charge in [0.25, 0.3) is 5.56 Å². The quantitative estimate of drug-likeness (QED) is 0.744. The van der Waals surface area contributed by atoms with Crippen LogP contribution in [-0.2, 0) is 13.6 Å². The van der Waals surface area contributed by atoms with E-state index in [4.69, 9.17) is 12.2 Å². The average molecular weight is 337 g/mol. The molecule has 0 aliphatic heterocycles. The number of fused-ring (bicyclic) bond motifs is 1. The van der Waals surface area contributed by atoms with Gasteiger partial charge < -0.3 is 14.8 Å². The summed E-state index contributed by atoms with van der Waals surface area (Å²) in [5, 5.41) is 4.81. The highest BCUT2D eigenvalue weighted by molar-refractivity contribution is 7.80. The molecule has 0 bridgehead atoms. The largest absolute Gasteiger partial charge is 0.348 e. The lowest BCUT2D eigenvalue weighted by molar-refractivity contribution is 0.504. The number of anilines is 1. The van der Waals surface area contributed by atoms with Gasteiger partial charge in [-0.05, 0) is 41.9 Å². The zero-order valence-corrected chi connectivity index (χ0v) is 14.5. The maximum atomic E-state index is 12.6. The average Bonchev–Trinajstić information content (AvgIpc) is 2.60. The minimum absolute atomic E-state index is 0.00283. The number of thiocarbonyl (C=S) groups is 1. The van der Waals surface area contributed by atoms with Crippen LogP contribution < -0.4 is 10.9 Å². The van der Waals surface area contributed by atoms with Crippen molar-refractivity contribution in [2.45, 2.75) is 6.54 Å². The van der Waals surface area contributed by atoms with Crippen molar-refractivity contribution in [1.82, 2.24) is 9.47 Å². The van der Waals surface area contributed by atoms with Crippen molar-refractivity contribution in [3.8, 4) is 0 Å². The summed E-state index contributed by atoms with van der Waals surface area (Å²) in [6.45, 7) is 0.455. The lowest BCUT2D eigenvalue weighted by atomic mass is 10.1. The molecule has 1 aromatic heterocycles. The molecule has 0 radical (unpaired) electrons. The smallest absolute Gasteiger partial charge is 0.255 e. The van der Waals surface area contributed by atoms with Crippen LogP contribution in [-0.4, -0.2) is 21.6 Å². The van der Waals surface area contributed by atoms with Gasteiger partial charge in [0, 0.05) is 25.3 Å². The maximum Gasteiger partial charge on any atom is 0.255 e. The minimum Gasteiger partial charge on any atom is -0.348 e. The SMILES string of the molecule is CN(Cc1cc2ccccc2n(C)c1=O)C(=S)Nc1ccccc1. The summed E-state index contributed by atoms with van der Waals surface area (Å²) in [4.78, 5) is 14.4. The van der Waals surface area contributed by atoms with Crippen LogP contribution in [0.4, 0.5) is 5.69 Å². The molecule has 0 fully saturated rings. The third kappa shape index (κ3) is 3.31. The molecule has 3 aromatic rings. The second kappa shape index (κ2) is 6.84. The van der Waals surface area contributed by atoms with Gasteiger partial charge in [0.1, 0.15) is 0 Å². The second-order valence-electron chi connectivity index (χ2n) is 5.74. The van der Waals surface area contributed by atoms with Gasteiger partial charge >= 0.3 is 0 Å². The molecular weight excluding hydrogens is 318 g/mol. The monoisotopic (exact) mass is 337 g/mol. The van der Waals surface area contributed by atoms with E-state index in [1.54, 1.807) is 11.6 Å². The molecule has 24 heavy (non-hydrogen) atoms. The number of hydrogen-bond donors (Lipinski definition) is 1. The van der Waals surface area contributed by atoms with Crippen LogP contribution in [0, 0.1) is 0 Å². The molecule has 0 saturated carbocycles. The Kier molecular flexibility index (Phi) is 4.62. The number of hydrogen-bond acceptors (Lipinski definition) is 2. The van der Waals surface area contributed by atoms with Crippen LogP contribution >= 0.6 is 12.2 Å². The summed E-state index contributed by atoms with van der Waals surface area (Å²) in [5.41, 5.74) is 2.58. The molecule has 1 heterocycles. The molecule has 2 aromatic carbocycles. The number of para-hydroxylation sites is 2. The maximum absolute atomic E-state index is 12.6. The zero-order valence-electron chi connectivity index (χ0n) is 13.7. The molecule has 0 spiro atoms. The van der Waals surface area contributed by atoms with Crippen molar-refractivity contribution < 1.29 is 0 Å². The van der Waals surface area contributed by atoms with Crippen LogP contribution in [0.3, 0.4) is 0 Å². The molecule has 3 rings (SSSR count). The Morgan fingerprint density at radius 3 is 2.54 bits per heavy atom. The summed E-state index contributed by atoms with van der Waals surface area (Å²) >= 11 is 5.44. The van der Waals surface area contributed by atoms with E-state index in [1.165, 1.54) is 0 Å². The zero-order chi connectivity index (χ0) is 17.1. The van der Waals surface area contributed by atoms with Crippen LogP contribution in [0.2, 0.25) is 0 Å². The lowest BCUT2D eigenvalue weighted by Gasteiger charge is -2.21. The Bertz CT molecular complexity index is 934. The van der Waals surface area contributed by atoms with E-state index in [-0.39, 0.29) is 5.56 Å². The first kappa shape index (κ1) is 16.2. The van der Waals surface area contributed by atoms with E-state index < -0.39 is 0 Å². The number of nitrogens with one attached hydrogen (secondary N) is 1. The van der Waals surface area contributed by atoms with E-state index in [9.17, 15) is 4.79 Å². The number of benzene rings is 2. The Labute approximate surface area is 146 Å². The van der Waals surface area contributed by atoms with Crippen molar-refractivity contribution in [2.75, 3.05) is 12.4 Å². The van der Waals surface area contributed by atoms with Crippen LogP contribution in [0.5, 0.6) is 0 Å². The standard InChI is InChI=1S/C19H19N3OS/c1-21(19(24)20-16-9-4-3-5-10-16)13-15-12-14-8-6-7-11-17(14)22(2)18(15)23/h3-12H,13H2,1-2H3,(H,20,24). The van der Waals surface area contributed by atoms with E-state index >= 15 is 0 Å². The number of rotatable bonds is 3. The highest BCUT2D eigenvalue weighted by Gasteiger charge is 2.11. The summed E-state index contributed by atoms with van der Waals surface area (Å²) in [5.74, 6) is 0. The van der Waals surface area contributed by atoms with Gasteiger partial charge in [-0.2, -0.15) is 0 Å². The molecule has 4 nitrogen and oxygen atoms in total. The first-order chi connectivity index (χ1) is 11.6. The van der Waals surface area contributed by atoms with Crippen LogP contribution in [0.15, 0.2) is 65.5 Å². The van der Waals surface area contributed by atoms with Gasteiger partial charge in [0.05, 0.1) is 12.1 Å². The van der Waals surface area contributed by atoms with E-state index in [0.717, 1.165) is 22.2 Å². The molecule has 0 aliphatic rings. The molecule has 122 valence electrons. The topological polar surface area (TPSA) is 37.3 Å². The fourth-order valence-electron chi connectivity index (χ4n) is 2.67. The number of nitrogens with zero attached hydrogens (tertiary/aromatic N) is 2. The summed E-state index contributed by atoms with van der Waals surface area (Å²) < 4.78 is 1.69. The van der Waals surface area contributed by atoms with Crippen molar-refractivity contribution in [1.29, 1.82) is 0 Å². The van der Waals surface area contributed by atoms with Crippen molar-refractivity contribution >= 4 is 33.9 Å².